The van der Waals surface area contributed by atoms with Gasteiger partial charge in [-0.2, -0.15) is 0 Å². The van der Waals surface area contributed by atoms with Gasteiger partial charge in [-0.05, 0) is 60.3 Å². The quantitative estimate of drug-likeness (QED) is 0.608. The van der Waals surface area contributed by atoms with E-state index in [2.05, 4.69) is 38.2 Å². The van der Waals surface area contributed by atoms with Crippen molar-refractivity contribution < 1.29 is 19.4 Å². The number of aliphatic carboxylic acids is 1. The fourth-order valence-electron chi connectivity index (χ4n) is 4.38. The summed E-state index contributed by atoms with van der Waals surface area (Å²) < 4.78 is 5.60. The van der Waals surface area contributed by atoms with E-state index in [4.69, 9.17) is 21.4 Å². The molecule has 6 nitrogen and oxygen atoms in total. The van der Waals surface area contributed by atoms with Crippen LogP contribution in [0, 0.1) is 5.41 Å². The summed E-state index contributed by atoms with van der Waals surface area (Å²) in [5.74, 6) is -0.931. The zero-order chi connectivity index (χ0) is 22.8. The molecule has 7 heteroatoms. The van der Waals surface area contributed by atoms with Crippen LogP contribution in [0.5, 0.6) is 0 Å². The molecule has 0 spiro atoms. The molecule has 1 aliphatic carbocycles. The van der Waals surface area contributed by atoms with Gasteiger partial charge in [0.1, 0.15) is 0 Å². The molecular weight excluding hydrogens is 416 g/mol. The lowest BCUT2D eigenvalue weighted by atomic mass is 9.71. The largest absolute Gasteiger partial charge is 0.481 e. The number of hydrogen-bond acceptors (Lipinski definition) is 3. The molecule has 2 unspecified atom stereocenters. The molecule has 2 amide bonds. The summed E-state index contributed by atoms with van der Waals surface area (Å²) in [6.45, 7) is 6.78. The van der Waals surface area contributed by atoms with Crippen molar-refractivity contribution in [3.63, 3.8) is 0 Å². The molecule has 0 bridgehead atoms. The Labute approximate surface area is 189 Å². The van der Waals surface area contributed by atoms with Gasteiger partial charge in [0.05, 0.1) is 18.1 Å². The van der Waals surface area contributed by atoms with Crippen LogP contribution < -0.4 is 5.32 Å². The zero-order valence-electron chi connectivity index (χ0n) is 18.8. The number of aryl methyl sites for hydroxylation is 1. The van der Waals surface area contributed by atoms with Crippen molar-refractivity contribution in [2.24, 2.45) is 5.41 Å². The van der Waals surface area contributed by atoms with E-state index in [9.17, 15) is 9.59 Å². The summed E-state index contributed by atoms with van der Waals surface area (Å²) in [4.78, 5) is 25.3. The topological polar surface area (TPSA) is 78.9 Å². The molecule has 3 rings (SSSR count). The van der Waals surface area contributed by atoms with Crippen LogP contribution in [0.1, 0.15) is 64.0 Å². The molecule has 1 aromatic rings. The SMILES string of the molecule is COC1CCC2(c3ccc(CCC(C)(C)C)c(Cl)c3)NC(=O)N(CCC(=O)O)C=C2C1. The van der Waals surface area contributed by atoms with Crippen LogP contribution in [0.4, 0.5) is 4.79 Å². The highest BCUT2D eigenvalue weighted by Gasteiger charge is 2.46. The second-order valence-corrected chi connectivity index (χ2v) is 10.2. The Hall–Kier alpha value is -2.05. The summed E-state index contributed by atoms with van der Waals surface area (Å²) in [6, 6.07) is 5.83. The number of carboxylic acids is 1. The predicted molar refractivity (Wildman–Crippen MR) is 121 cm³/mol. The summed E-state index contributed by atoms with van der Waals surface area (Å²) in [6.07, 6.45) is 5.90. The second kappa shape index (κ2) is 9.21. The predicted octanol–water partition coefficient (Wildman–Crippen LogP) is 5.10. The molecule has 0 aromatic heterocycles. The molecule has 0 radical (unpaired) electrons. The number of urea groups is 1. The fraction of sp³-hybridized carbons (Fsp3) is 0.583. The van der Waals surface area contributed by atoms with Crippen LogP contribution in [0.25, 0.3) is 0 Å². The van der Waals surface area contributed by atoms with E-state index in [-0.39, 0.29) is 30.5 Å². The Kier molecular flexibility index (Phi) is 7.01. The smallest absolute Gasteiger partial charge is 0.322 e. The van der Waals surface area contributed by atoms with Crippen LogP contribution >= 0.6 is 11.6 Å². The lowest BCUT2D eigenvalue weighted by Gasteiger charge is -2.47. The first-order chi connectivity index (χ1) is 14.5. The lowest BCUT2D eigenvalue weighted by molar-refractivity contribution is -0.137. The van der Waals surface area contributed by atoms with Crippen LogP contribution in [0.3, 0.4) is 0 Å². The molecule has 2 atom stereocenters. The number of ether oxygens (including phenoxy) is 1. The maximum Gasteiger partial charge on any atom is 0.322 e. The Morgan fingerprint density at radius 2 is 2.13 bits per heavy atom. The van der Waals surface area contributed by atoms with Gasteiger partial charge in [0.15, 0.2) is 0 Å². The molecule has 0 saturated heterocycles. The summed E-state index contributed by atoms with van der Waals surface area (Å²) >= 11 is 6.68. The van der Waals surface area contributed by atoms with Gasteiger partial charge < -0.3 is 20.1 Å². The average Bonchev–Trinajstić information content (AvgIpc) is 2.70. The monoisotopic (exact) mass is 448 g/mol. The summed E-state index contributed by atoms with van der Waals surface area (Å²) in [5.41, 5.74) is 2.68. The van der Waals surface area contributed by atoms with Crippen LogP contribution in [0.2, 0.25) is 5.02 Å². The maximum absolute atomic E-state index is 12.9. The van der Waals surface area contributed by atoms with Crippen molar-refractivity contribution in [1.29, 1.82) is 0 Å². The van der Waals surface area contributed by atoms with Crippen molar-refractivity contribution in [2.45, 2.75) is 70.9 Å². The van der Waals surface area contributed by atoms with E-state index < -0.39 is 11.5 Å². The molecule has 1 saturated carbocycles. The molecule has 2 N–H and O–H groups in total. The molecule has 1 heterocycles. The van der Waals surface area contributed by atoms with E-state index in [0.29, 0.717) is 17.9 Å². The first-order valence-electron chi connectivity index (χ1n) is 10.9. The number of methoxy groups -OCH3 is 1. The van der Waals surface area contributed by atoms with Gasteiger partial charge in [0.2, 0.25) is 0 Å². The van der Waals surface area contributed by atoms with E-state index in [1.165, 1.54) is 4.90 Å². The minimum absolute atomic E-state index is 0.0669. The molecule has 170 valence electrons. The number of nitrogens with one attached hydrogen (secondary N) is 1. The van der Waals surface area contributed by atoms with Crippen molar-refractivity contribution in [2.75, 3.05) is 13.7 Å². The van der Waals surface area contributed by atoms with Gasteiger partial charge in [-0.1, -0.05) is 44.5 Å². The number of carbonyl (C=O) groups excluding carboxylic acids is 1. The molecule has 1 fully saturated rings. The maximum atomic E-state index is 12.9. The van der Waals surface area contributed by atoms with Crippen LogP contribution in [0.15, 0.2) is 30.0 Å². The molecule has 2 aliphatic rings. The Morgan fingerprint density at radius 1 is 1.39 bits per heavy atom. The third kappa shape index (κ3) is 5.42. The molecule has 1 aliphatic heterocycles. The van der Waals surface area contributed by atoms with Gasteiger partial charge >= 0.3 is 12.0 Å². The van der Waals surface area contributed by atoms with Gasteiger partial charge in [-0.25, -0.2) is 4.79 Å². The van der Waals surface area contributed by atoms with Crippen LogP contribution in [-0.2, 0) is 21.5 Å². The highest BCUT2D eigenvalue weighted by atomic mass is 35.5. The summed E-state index contributed by atoms with van der Waals surface area (Å²) in [7, 11) is 1.70. The Bertz CT molecular complexity index is 877. The van der Waals surface area contributed by atoms with Crippen molar-refractivity contribution >= 4 is 23.6 Å². The number of fused-ring (bicyclic) bond motifs is 1. The minimum Gasteiger partial charge on any atom is -0.481 e. The normalized spacial score (nSPS) is 23.8. The third-order valence-electron chi connectivity index (χ3n) is 6.32. The number of amides is 2. The first-order valence-corrected chi connectivity index (χ1v) is 11.3. The van der Waals surface area contributed by atoms with Gasteiger partial charge in [0, 0.05) is 24.9 Å². The number of nitrogens with zero attached hydrogens (tertiary/aromatic N) is 1. The third-order valence-corrected chi connectivity index (χ3v) is 6.67. The molecular formula is C24H33ClN2O4. The molecule has 1 aromatic carbocycles. The zero-order valence-corrected chi connectivity index (χ0v) is 19.6. The second-order valence-electron chi connectivity index (χ2n) is 9.79. The van der Waals surface area contributed by atoms with E-state index in [1.54, 1.807) is 7.11 Å². The Balaban J connectivity index is 1.93. The standard InChI is InChI=1S/C24H33ClN2O4/c1-23(2,3)10-7-16-5-6-17(14-20(16)25)24-11-8-19(31-4)13-18(24)15-27(22(30)26-24)12-9-21(28)29/h5-6,14-15,19H,7-13H2,1-4H3,(H,26,30)(H,28,29). The van der Waals surface area contributed by atoms with Gasteiger partial charge in [-0.15, -0.1) is 0 Å². The highest BCUT2D eigenvalue weighted by Crippen LogP contribution is 2.45. The minimum atomic E-state index is -0.931. The van der Waals surface area contributed by atoms with Gasteiger partial charge in [0.25, 0.3) is 0 Å². The van der Waals surface area contributed by atoms with E-state index in [1.807, 2.05) is 12.3 Å². The molecule has 31 heavy (non-hydrogen) atoms. The van der Waals surface area contributed by atoms with Crippen molar-refractivity contribution in [3.8, 4) is 0 Å². The fourth-order valence-corrected chi connectivity index (χ4v) is 4.65. The lowest BCUT2D eigenvalue weighted by Crippen LogP contribution is -2.57. The summed E-state index contributed by atoms with van der Waals surface area (Å²) in [5, 5.41) is 12.9. The van der Waals surface area contributed by atoms with Crippen LogP contribution in [-0.4, -0.2) is 41.8 Å². The Morgan fingerprint density at radius 3 is 2.74 bits per heavy atom. The number of hydrogen-bond donors (Lipinski definition) is 2. The average molecular weight is 449 g/mol. The van der Waals surface area contributed by atoms with E-state index >= 15 is 0 Å². The number of rotatable bonds is 7. The first kappa shape index (κ1) is 23.6. The van der Waals surface area contributed by atoms with Crippen molar-refractivity contribution in [1.82, 2.24) is 10.2 Å². The number of halogens is 1. The highest BCUT2D eigenvalue weighted by molar-refractivity contribution is 6.31. The van der Waals surface area contributed by atoms with Crippen molar-refractivity contribution in [3.05, 3.63) is 46.1 Å². The number of benzene rings is 1. The van der Waals surface area contributed by atoms with Gasteiger partial charge in [-0.3, -0.25) is 4.79 Å². The number of carboxylic acid groups (broad SMARTS) is 1. The number of carbonyl (C=O) groups is 2. The van der Waals surface area contributed by atoms with E-state index in [0.717, 1.165) is 36.0 Å².